The third-order valence-corrected chi connectivity index (χ3v) is 14.8. The number of rotatable bonds is 31. The number of nitrogens with one attached hydrogen (secondary N) is 1. The highest BCUT2D eigenvalue weighted by Crippen LogP contribution is 2.62. The minimum atomic E-state index is -1.56. The number of ether oxygens (including phenoxy) is 6. The molecule has 7 rings (SSSR count). The summed E-state index contributed by atoms with van der Waals surface area (Å²) in [6.07, 6.45) is 19.2. The summed E-state index contributed by atoms with van der Waals surface area (Å²) >= 11 is 6.16. The van der Waals surface area contributed by atoms with Gasteiger partial charge in [-0.15, -0.1) is 18.2 Å². The second-order valence-electron chi connectivity index (χ2n) is 19.6. The Kier molecular flexibility index (Phi) is 22.0. The molecule has 15 heteroatoms. The van der Waals surface area contributed by atoms with Gasteiger partial charge in [0.2, 0.25) is 12.6 Å². The van der Waals surface area contributed by atoms with Crippen LogP contribution in [-0.2, 0) is 27.5 Å². The molecule has 6 unspecified atom stereocenters. The number of oxime groups is 1. The number of benzene rings is 3. The molecule has 2 aliphatic heterocycles. The Bertz CT molecular complexity index is 2280. The fraction of sp³-hybridized carbons (Fsp3) is 0.569. The van der Waals surface area contributed by atoms with E-state index in [2.05, 4.69) is 24.9 Å². The molecule has 2 heterocycles. The number of alkyl halides is 1. The van der Waals surface area contributed by atoms with Gasteiger partial charge in [0.15, 0.2) is 11.5 Å². The predicted octanol–water partition coefficient (Wildman–Crippen LogP) is 12.1. The van der Waals surface area contributed by atoms with Gasteiger partial charge in [-0.2, -0.15) is 0 Å². The lowest BCUT2D eigenvalue weighted by atomic mass is 9.55. The van der Waals surface area contributed by atoms with Crippen molar-refractivity contribution in [2.75, 3.05) is 45.6 Å². The molecule has 0 aromatic heterocycles. The van der Waals surface area contributed by atoms with E-state index in [0.29, 0.717) is 48.1 Å². The van der Waals surface area contributed by atoms with Crippen molar-refractivity contribution in [2.45, 2.75) is 147 Å². The third kappa shape index (κ3) is 14.7. The maximum absolute atomic E-state index is 14.8. The van der Waals surface area contributed by atoms with Gasteiger partial charge in [-0.3, -0.25) is 4.90 Å². The van der Waals surface area contributed by atoms with Gasteiger partial charge in [0.1, 0.15) is 30.8 Å². The van der Waals surface area contributed by atoms with Crippen LogP contribution in [0.1, 0.15) is 139 Å². The van der Waals surface area contributed by atoms with Crippen LogP contribution in [0.3, 0.4) is 0 Å². The molecular weight excluding hydrogens is 950 g/mol. The van der Waals surface area contributed by atoms with E-state index in [1.165, 1.54) is 44.9 Å². The van der Waals surface area contributed by atoms with E-state index in [0.717, 1.165) is 67.2 Å². The van der Waals surface area contributed by atoms with E-state index >= 15 is 0 Å². The molecule has 73 heavy (non-hydrogen) atoms. The van der Waals surface area contributed by atoms with Gasteiger partial charge < -0.3 is 48.8 Å². The van der Waals surface area contributed by atoms with Crippen molar-refractivity contribution in [3.05, 3.63) is 108 Å². The number of amides is 2. The zero-order valence-corrected chi connectivity index (χ0v) is 43.6. The molecule has 4 aliphatic rings. The molecule has 3 N–H and O–H groups in total. The minimum absolute atomic E-state index is 0.00669. The molecule has 3 aromatic carbocycles. The van der Waals surface area contributed by atoms with Gasteiger partial charge in [-0.1, -0.05) is 131 Å². The highest BCUT2D eigenvalue weighted by atomic mass is 35.5. The van der Waals surface area contributed by atoms with E-state index in [-0.39, 0.29) is 76.4 Å². The molecule has 1 fully saturated rings. The fourth-order valence-corrected chi connectivity index (χ4v) is 11.2. The Morgan fingerprint density at radius 1 is 0.863 bits per heavy atom. The monoisotopic (exact) mass is 1030 g/mol. The number of nitrogens with zero attached hydrogens (tertiary/aromatic N) is 2. The van der Waals surface area contributed by atoms with Crippen molar-refractivity contribution in [3.63, 3.8) is 0 Å². The maximum Gasteiger partial charge on any atom is 0.412 e. The number of aliphatic hydroxyl groups is 2. The highest BCUT2D eigenvalue weighted by Gasteiger charge is 2.66. The fourth-order valence-electron chi connectivity index (χ4n) is 11.2. The zero-order valence-electron chi connectivity index (χ0n) is 42.8. The first-order valence-electron chi connectivity index (χ1n) is 26.9. The lowest BCUT2D eigenvalue weighted by Gasteiger charge is -2.59. The van der Waals surface area contributed by atoms with E-state index in [1.807, 2.05) is 60.7 Å². The average molecular weight is 1030 g/mol. The van der Waals surface area contributed by atoms with Crippen LogP contribution in [0.5, 0.6) is 23.0 Å². The molecular formula is C58H78ClN3O11. The van der Waals surface area contributed by atoms with Crippen molar-refractivity contribution < 1.29 is 53.1 Å². The first-order valence-corrected chi connectivity index (χ1v) is 27.4. The second kappa shape index (κ2) is 29.0. The summed E-state index contributed by atoms with van der Waals surface area (Å²) in [5.41, 5.74) is 4.01. The summed E-state index contributed by atoms with van der Waals surface area (Å²) in [6, 6.07) is 20.0. The molecule has 14 nitrogen and oxygen atoms in total. The van der Waals surface area contributed by atoms with Gasteiger partial charge in [-0.25, -0.2) is 9.59 Å². The Balaban J connectivity index is 1.29. The largest absolute Gasteiger partial charge is 0.459 e. The van der Waals surface area contributed by atoms with E-state index in [1.54, 1.807) is 17.0 Å². The van der Waals surface area contributed by atoms with Gasteiger partial charge >= 0.3 is 12.2 Å². The molecule has 2 aliphatic carbocycles. The Morgan fingerprint density at radius 2 is 1.59 bits per heavy atom. The Hall–Kier alpha value is -5.28. The summed E-state index contributed by atoms with van der Waals surface area (Å²) in [5, 5.41) is 28.0. The number of hydrogen-bond acceptors (Lipinski definition) is 12. The Morgan fingerprint density at radius 3 is 2.33 bits per heavy atom. The summed E-state index contributed by atoms with van der Waals surface area (Å²) in [7, 11) is 0. The van der Waals surface area contributed by atoms with Crippen LogP contribution in [0.25, 0.3) is 0 Å². The molecule has 6 atom stereocenters. The lowest BCUT2D eigenvalue weighted by molar-refractivity contribution is -0.256. The summed E-state index contributed by atoms with van der Waals surface area (Å²) in [4.78, 5) is 36.1. The van der Waals surface area contributed by atoms with Crippen molar-refractivity contribution in [2.24, 2.45) is 22.9 Å². The molecule has 0 saturated heterocycles. The molecule has 398 valence electrons. The summed E-state index contributed by atoms with van der Waals surface area (Å²) < 4.78 is 37.9. The standard InChI is InChI=1S/C58H78ClN3O11/c1-3-5-6-7-8-9-10-11-12-18-30-60-56(65)72-45-26-28-50-48(37-45)54-46(24-17-20-32-64)44(23-16-19-31-63)36-47-49(61-71-40-42-21-14-13-15-22-42)38-53(58(73-50,55(47)54)70-33-4-2)62(57(66)67-34-29-59)39-43-25-27-51-52(35-43)69-41-68-51/h4,13-15,21-22,25-28,35-37,44,46,53-55,63-64H,2-3,5-12,16-20,23-24,29-34,38-41H2,1H3,(H,60,65). The smallest absolute Gasteiger partial charge is 0.412 e. The predicted molar refractivity (Wildman–Crippen MR) is 282 cm³/mol. The third-order valence-electron chi connectivity index (χ3n) is 14.6. The zero-order chi connectivity index (χ0) is 51.3. The van der Waals surface area contributed by atoms with Crippen molar-refractivity contribution >= 4 is 29.5 Å². The lowest BCUT2D eigenvalue weighted by Crippen LogP contribution is -2.70. The van der Waals surface area contributed by atoms with Gasteiger partial charge in [0, 0.05) is 44.2 Å². The van der Waals surface area contributed by atoms with Crippen LogP contribution in [0.4, 0.5) is 9.59 Å². The van der Waals surface area contributed by atoms with E-state index in [4.69, 9.17) is 50.0 Å². The second-order valence-corrected chi connectivity index (χ2v) is 20.0. The number of unbranched alkanes of at least 4 members (excludes halogenated alkanes) is 11. The minimum Gasteiger partial charge on any atom is -0.459 e. The normalized spacial score (nSPS) is 21.8. The number of halogens is 1. The number of hydrogen-bond donors (Lipinski definition) is 3. The van der Waals surface area contributed by atoms with Crippen LogP contribution in [0, 0.1) is 17.8 Å². The van der Waals surface area contributed by atoms with Gasteiger partial charge in [0.25, 0.3) is 0 Å². The van der Waals surface area contributed by atoms with Crippen LogP contribution in [0.2, 0.25) is 0 Å². The highest BCUT2D eigenvalue weighted by molar-refractivity contribution is 6.18. The molecule has 1 saturated carbocycles. The van der Waals surface area contributed by atoms with Crippen molar-refractivity contribution in [3.8, 4) is 23.0 Å². The summed E-state index contributed by atoms with van der Waals surface area (Å²) in [5.74, 6) is -0.430. The molecule has 2 amide bonds. The Labute approximate surface area is 437 Å². The van der Waals surface area contributed by atoms with E-state index < -0.39 is 29.9 Å². The molecule has 3 aromatic rings. The number of aliphatic hydroxyl groups excluding tert-OH is 2. The van der Waals surface area contributed by atoms with Crippen molar-refractivity contribution in [1.82, 2.24) is 10.2 Å². The number of carbonyl (C=O) groups excluding carboxylic acids is 2. The van der Waals surface area contributed by atoms with Crippen LogP contribution >= 0.6 is 11.6 Å². The molecule has 0 radical (unpaired) electrons. The topological polar surface area (TPSA) is 167 Å². The number of fused-ring (bicyclic) bond motifs is 3. The van der Waals surface area contributed by atoms with Gasteiger partial charge in [-0.05, 0) is 91.0 Å². The maximum atomic E-state index is 14.8. The van der Waals surface area contributed by atoms with Crippen LogP contribution in [0.15, 0.2) is 96.2 Å². The number of allylic oxidation sites excluding steroid dienone is 1. The van der Waals surface area contributed by atoms with Crippen LogP contribution < -0.4 is 24.3 Å². The summed E-state index contributed by atoms with van der Waals surface area (Å²) in [6.45, 7) is 7.33. The van der Waals surface area contributed by atoms with Crippen molar-refractivity contribution in [1.29, 1.82) is 0 Å². The van der Waals surface area contributed by atoms with Crippen LogP contribution in [-0.4, -0.2) is 90.5 Å². The SMILES string of the molecule is C=CCOC12Oc3ccc(OC(=O)NCCCCCCCCCCCC)cc3C3C(CCCCO)C(CCCCO)C=C(C(=NOCc4ccccc4)CC1N(Cc1ccc4c(c1)OCO4)C(=O)OCCCl)C32. The quantitative estimate of drug-likeness (QED) is 0.0243. The number of carbonyl (C=O) groups is 2. The first-order chi connectivity index (χ1) is 35.8. The molecule has 0 bridgehead atoms. The molecule has 0 spiro atoms. The first kappa shape index (κ1) is 55.5. The van der Waals surface area contributed by atoms with Gasteiger partial charge in [0.05, 0.1) is 24.1 Å². The average Bonchev–Trinajstić information content (AvgIpc) is 3.88. The van der Waals surface area contributed by atoms with E-state index in [9.17, 15) is 19.8 Å².